The van der Waals surface area contributed by atoms with Gasteiger partial charge in [-0.05, 0) is 30.2 Å². The van der Waals surface area contributed by atoms with Gasteiger partial charge in [-0.25, -0.2) is 0 Å². The van der Waals surface area contributed by atoms with Crippen LogP contribution in [0, 0.1) is 18.3 Å². The van der Waals surface area contributed by atoms with Crippen LogP contribution in [0.4, 0.5) is 13.2 Å². The van der Waals surface area contributed by atoms with Gasteiger partial charge in [0.2, 0.25) is 0 Å². The van der Waals surface area contributed by atoms with Gasteiger partial charge in [-0.1, -0.05) is 11.6 Å². The number of hydrogen-bond donors (Lipinski definition) is 0. The van der Waals surface area contributed by atoms with Crippen molar-refractivity contribution in [3.63, 3.8) is 0 Å². The summed E-state index contributed by atoms with van der Waals surface area (Å²) in [4.78, 5) is 0. The zero-order valence-electron chi connectivity index (χ0n) is 7.82. The highest BCUT2D eigenvalue weighted by molar-refractivity contribution is 6.30. The first-order chi connectivity index (χ1) is 6.86. The molecule has 0 aromatic heterocycles. The van der Waals surface area contributed by atoms with Gasteiger partial charge in [-0.15, -0.1) is 0 Å². The fraction of sp³-hybridized carbons (Fsp3) is 0.300. The number of hydrogen-bond acceptors (Lipinski definition) is 1. The van der Waals surface area contributed by atoms with E-state index in [0.717, 1.165) is 0 Å². The molecule has 0 aliphatic rings. The third-order valence-electron chi connectivity index (χ3n) is 1.93. The topological polar surface area (TPSA) is 23.8 Å². The molecule has 1 aromatic carbocycles. The molecular weight excluding hydrogens is 227 g/mol. The Balaban J connectivity index is 3.42. The summed E-state index contributed by atoms with van der Waals surface area (Å²) in [6.45, 7) is 1.33. The molecule has 0 saturated heterocycles. The van der Waals surface area contributed by atoms with Crippen LogP contribution < -0.4 is 0 Å². The van der Waals surface area contributed by atoms with E-state index in [1.54, 1.807) is 6.07 Å². The number of alkyl halides is 3. The second-order valence-corrected chi connectivity index (χ2v) is 3.53. The monoisotopic (exact) mass is 233 g/mol. The number of halogens is 4. The first-order valence-electron chi connectivity index (χ1n) is 4.09. The fourth-order valence-electron chi connectivity index (χ4n) is 1.44. The van der Waals surface area contributed by atoms with E-state index in [-0.39, 0.29) is 22.6 Å². The Morgan fingerprint density at radius 3 is 2.47 bits per heavy atom. The van der Waals surface area contributed by atoms with E-state index >= 15 is 0 Å². The predicted octanol–water partition coefficient (Wildman–Crippen LogP) is 3.73. The molecule has 0 aliphatic carbocycles. The lowest BCUT2D eigenvalue weighted by molar-refractivity contribution is -0.138. The maximum atomic E-state index is 12.6. The van der Waals surface area contributed by atoms with Gasteiger partial charge in [0.15, 0.2) is 0 Å². The van der Waals surface area contributed by atoms with Crippen molar-refractivity contribution in [1.29, 1.82) is 5.26 Å². The molecule has 0 radical (unpaired) electrons. The molecule has 0 aliphatic heterocycles. The summed E-state index contributed by atoms with van der Waals surface area (Å²) >= 11 is 5.63. The molecular formula is C10H7ClF3N. The molecule has 0 atom stereocenters. The van der Waals surface area contributed by atoms with Gasteiger partial charge in [-0.3, -0.25) is 0 Å². The first-order valence-corrected chi connectivity index (χ1v) is 4.47. The Hall–Kier alpha value is -1.21. The maximum Gasteiger partial charge on any atom is 0.416 e. The molecule has 15 heavy (non-hydrogen) atoms. The number of rotatable bonds is 1. The molecule has 0 amide bonds. The fourth-order valence-corrected chi connectivity index (χ4v) is 1.74. The molecule has 5 heteroatoms. The molecule has 0 saturated carbocycles. The van der Waals surface area contributed by atoms with Crippen molar-refractivity contribution in [1.82, 2.24) is 0 Å². The lowest BCUT2D eigenvalue weighted by Crippen LogP contribution is -2.11. The third kappa shape index (κ3) is 2.63. The van der Waals surface area contributed by atoms with Gasteiger partial charge >= 0.3 is 6.18 Å². The molecule has 0 spiro atoms. The van der Waals surface area contributed by atoms with Crippen LogP contribution in [-0.4, -0.2) is 0 Å². The van der Waals surface area contributed by atoms with Crippen LogP contribution in [0.2, 0.25) is 5.02 Å². The van der Waals surface area contributed by atoms with E-state index in [4.69, 9.17) is 16.9 Å². The molecule has 1 rings (SSSR count). The van der Waals surface area contributed by atoms with Crippen LogP contribution in [0.1, 0.15) is 16.7 Å². The molecule has 0 bridgehead atoms. The Morgan fingerprint density at radius 1 is 1.40 bits per heavy atom. The molecule has 0 unspecified atom stereocenters. The van der Waals surface area contributed by atoms with Gasteiger partial charge in [0.05, 0.1) is 18.1 Å². The SMILES string of the molecule is Cc1cc(Cl)cc(CC#N)c1C(F)(F)F. The average molecular weight is 234 g/mol. The quantitative estimate of drug-likeness (QED) is 0.725. The van der Waals surface area contributed by atoms with Gasteiger partial charge in [-0.2, -0.15) is 18.4 Å². The van der Waals surface area contributed by atoms with Crippen molar-refractivity contribution < 1.29 is 13.2 Å². The highest BCUT2D eigenvalue weighted by atomic mass is 35.5. The highest BCUT2D eigenvalue weighted by Gasteiger charge is 2.35. The van der Waals surface area contributed by atoms with E-state index in [9.17, 15) is 13.2 Å². The van der Waals surface area contributed by atoms with Crippen LogP contribution in [0.5, 0.6) is 0 Å². The van der Waals surface area contributed by atoms with Gasteiger partial charge < -0.3 is 0 Å². The van der Waals surface area contributed by atoms with E-state index < -0.39 is 11.7 Å². The summed E-state index contributed by atoms with van der Waals surface area (Å²) in [5, 5.41) is 8.64. The minimum absolute atomic E-state index is 0.0419. The molecule has 80 valence electrons. The number of benzene rings is 1. The summed E-state index contributed by atoms with van der Waals surface area (Å²) in [6.07, 6.45) is -4.74. The van der Waals surface area contributed by atoms with Crippen LogP contribution in [0.15, 0.2) is 12.1 Å². The smallest absolute Gasteiger partial charge is 0.198 e. The van der Waals surface area contributed by atoms with Gasteiger partial charge in [0.1, 0.15) is 0 Å². The van der Waals surface area contributed by atoms with Gasteiger partial charge in [0.25, 0.3) is 0 Å². The highest BCUT2D eigenvalue weighted by Crippen LogP contribution is 2.36. The van der Waals surface area contributed by atoms with Crippen molar-refractivity contribution >= 4 is 11.6 Å². The molecule has 0 fully saturated rings. The summed E-state index contributed by atoms with van der Waals surface area (Å²) in [7, 11) is 0. The van der Waals surface area contributed by atoms with Crippen molar-refractivity contribution in [2.24, 2.45) is 0 Å². The van der Waals surface area contributed by atoms with E-state index in [0.29, 0.717) is 0 Å². The van der Waals surface area contributed by atoms with Crippen LogP contribution in [0.25, 0.3) is 0 Å². The Morgan fingerprint density at radius 2 is 2.00 bits per heavy atom. The summed E-state index contributed by atoms with van der Waals surface area (Å²) < 4.78 is 37.8. The Kier molecular flexibility index (Phi) is 3.25. The maximum absolute atomic E-state index is 12.6. The van der Waals surface area contributed by atoms with E-state index in [1.807, 2.05) is 0 Å². The van der Waals surface area contributed by atoms with Crippen LogP contribution >= 0.6 is 11.6 Å². The summed E-state index contributed by atoms with van der Waals surface area (Å²) in [6, 6.07) is 4.11. The second-order valence-electron chi connectivity index (χ2n) is 3.09. The lowest BCUT2D eigenvalue weighted by Gasteiger charge is -2.14. The van der Waals surface area contributed by atoms with Crippen LogP contribution in [0.3, 0.4) is 0 Å². The molecule has 1 nitrogen and oxygen atoms in total. The lowest BCUT2D eigenvalue weighted by atomic mass is 9.99. The summed E-state index contributed by atoms with van der Waals surface area (Å²) in [5.41, 5.74) is -0.788. The normalized spacial score (nSPS) is 11.2. The average Bonchev–Trinajstić information content (AvgIpc) is 1.99. The number of nitrogens with zero attached hydrogens (tertiary/aromatic N) is 1. The third-order valence-corrected chi connectivity index (χ3v) is 2.15. The Bertz CT molecular complexity index is 418. The molecule has 0 heterocycles. The first kappa shape index (κ1) is 11.9. The number of nitriles is 1. The minimum atomic E-state index is -4.44. The second kappa shape index (κ2) is 4.11. The van der Waals surface area contributed by atoms with Crippen molar-refractivity contribution in [2.45, 2.75) is 19.5 Å². The van der Waals surface area contributed by atoms with Gasteiger partial charge in [0, 0.05) is 5.02 Å². The van der Waals surface area contributed by atoms with E-state index in [2.05, 4.69) is 0 Å². The predicted molar refractivity (Wildman–Crippen MR) is 50.5 cm³/mol. The molecule has 1 aromatic rings. The Labute approximate surface area is 90.1 Å². The standard InChI is InChI=1S/C10H7ClF3N/c1-6-4-8(11)5-7(2-3-15)9(6)10(12,13)14/h4-5H,2H2,1H3. The largest absolute Gasteiger partial charge is 0.416 e. The van der Waals surface area contributed by atoms with Crippen LogP contribution in [-0.2, 0) is 12.6 Å². The zero-order valence-corrected chi connectivity index (χ0v) is 8.58. The van der Waals surface area contributed by atoms with Crippen molar-refractivity contribution in [3.05, 3.63) is 33.8 Å². The van der Waals surface area contributed by atoms with Crippen molar-refractivity contribution in [2.75, 3.05) is 0 Å². The molecule has 0 N–H and O–H groups in total. The van der Waals surface area contributed by atoms with E-state index in [1.165, 1.54) is 19.1 Å². The number of aryl methyl sites for hydroxylation is 1. The minimum Gasteiger partial charge on any atom is -0.198 e. The summed E-state index contributed by atoms with van der Waals surface area (Å²) in [5.74, 6) is 0. The van der Waals surface area contributed by atoms with Crippen molar-refractivity contribution in [3.8, 4) is 6.07 Å². The zero-order chi connectivity index (χ0) is 11.6.